The molecule has 1 aliphatic heterocycles. The first kappa shape index (κ1) is 14.0. The Morgan fingerprint density at radius 3 is 2.33 bits per heavy atom. The average molecular weight is 343 g/mol. The van der Waals surface area contributed by atoms with E-state index in [1.165, 1.54) is 12.3 Å². The number of carbonyl (C=O) groups excluding carboxylic acids is 2. The summed E-state index contributed by atoms with van der Waals surface area (Å²) < 4.78 is 0. The number of nitrogens with zero attached hydrogens (tertiary/aromatic N) is 3. The summed E-state index contributed by atoms with van der Waals surface area (Å²) in [4.78, 5) is 36.1. The fraction of sp³-hybridized carbons (Fsp3) is 0.438. The molecule has 1 saturated heterocycles. The molecule has 2 heterocycles. The maximum atomic E-state index is 12.7. The van der Waals surface area contributed by atoms with Crippen LogP contribution in [0.15, 0.2) is 29.4 Å². The summed E-state index contributed by atoms with van der Waals surface area (Å²) in [5.74, 6) is -0.653. The van der Waals surface area contributed by atoms with Gasteiger partial charge in [-0.2, -0.15) is 10.1 Å². The van der Waals surface area contributed by atoms with Crippen LogP contribution in [0.2, 0.25) is 0 Å². The SMILES string of the molecule is O=C1[C@@H]2[C@@H](C(=O)N1/N=C\c1ccc([N+](=O)[O-])s1)[C@H]1C=C[C@H]2C12CC2. The Balaban J connectivity index is 1.41. The molecule has 4 aliphatic rings. The number of fused-ring (bicyclic) bond motifs is 3. The Bertz CT molecular complexity index is 819. The van der Waals surface area contributed by atoms with Crippen molar-refractivity contribution in [1.82, 2.24) is 5.01 Å². The predicted octanol–water partition coefficient (Wildman–Crippen LogP) is 2.19. The number of rotatable bonds is 3. The highest BCUT2D eigenvalue weighted by Crippen LogP contribution is 2.73. The topological polar surface area (TPSA) is 92.9 Å². The van der Waals surface area contributed by atoms with Crippen molar-refractivity contribution in [2.75, 3.05) is 0 Å². The molecule has 5 rings (SSSR count). The van der Waals surface area contributed by atoms with E-state index in [1.54, 1.807) is 6.07 Å². The van der Waals surface area contributed by atoms with Gasteiger partial charge in [0.1, 0.15) is 0 Å². The molecule has 2 bridgehead atoms. The van der Waals surface area contributed by atoms with Gasteiger partial charge in [0.15, 0.2) is 0 Å². The van der Waals surface area contributed by atoms with E-state index in [0.717, 1.165) is 29.2 Å². The second-order valence-corrected chi connectivity index (χ2v) is 7.98. The zero-order valence-electron chi connectivity index (χ0n) is 12.5. The number of thiophene rings is 1. The predicted molar refractivity (Wildman–Crippen MR) is 85.2 cm³/mol. The van der Waals surface area contributed by atoms with E-state index in [-0.39, 0.29) is 45.9 Å². The highest BCUT2D eigenvalue weighted by Gasteiger charge is 2.73. The second kappa shape index (κ2) is 4.38. The van der Waals surface area contributed by atoms with Crippen molar-refractivity contribution in [2.24, 2.45) is 34.2 Å². The van der Waals surface area contributed by atoms with Crippen LogP contribution < -0.4 is 0 Å². The van der Waals surface area contributed by atoms with Crippen molar-refractivity contribution in [1.29, 1.82) is 0 Å². The Kier molecular flexibility index (Phi) is 2.56. The molecule has 0 aromatic carbocycles. The maximum absolute atomic E-state index is 12.7. The molecule has 2 amide bonds. The summed E-state index contributed by atoms with van der Waals surface area (Å²) in [5, 5.41) is 15.7. The van der Waals surface area contributed by atoms with E-state index < -0.39 is 4.92 Å². The number of carbonyl (C=O) groups is 2. The van der Waals surface area contributed by atoms with E-state index in [4.69, 9.17) is 0 Å². The van der Waals surface area contributed by atoms with E-state index >= 15 is 0 Å². The van der Waals surface area contributed by atoms with Gasteiger partial charge in [-0.3, -0.25) is 19.7 Å². The molecular formula is C16H13N3O4S. The third-order valence-electron chi connectivity index (χ3n) is 5.92. The van der Waals surface area contributed by atoms with Gasteiger partial charge in [-0.25, -0.2) is 0 Å². The van der Waals surface area contributed by atoms with Gasteiger partial charge >= 0.3 is 5.00 Å². The molecule has 0 radical (unpaired) electrons. The summed E-state index contributed by atoms with van der Waals surface area (Å²) in [5.41, 5.74) is 0.171. The first-order valence-electron chi connectivity index (χ1n) is 7.87. The zero-order valence-corrected chi connectivity index (χ0v) is 13.3. The van der Waals surface area contributed by atoms with Crippen molar-refractivity contribution < 1.29 is 14.5 Å². The van der Waals surface area contributed by atoms with Gasteiger partial charge in [0.25, 0.3) is 11.8 Å². The van der Waals surface area contributed by atoms with Gasteiger partial charge in [0.2, 0.25) is 0 Å². The molecule has 1 spiro atoms. The van der Waals surface area contributed by atoms with E-state index in [2.05, 4.69) is 17.3 Å². The van der Waals surface area contributed by atoms with Crippen LogP contribution in [0.5, 0.6) is 0 Å². The molecule has 1 aromatic rings. The lowest BCUT2D eigenvalue weighted by Gasteiger charge is -2.18. The minimum absolute atomic E-state index is 0.00492. The fourth-order valence-corrected chi connectivity index (χ4v) is 5.49. The Labute approximate surface area is 140 Å². The van der Waals surface area contributed by atoms with Crippen molar-refractivity contribution in [2.45, 2.75) is 12.8 Å². The number of allylic oxidation sites excluding steroid dienone is 2. The van der Waals surface area contributed by atoms with Gasteiger partial charge in [0.05, 0.1) is 27.9 Å². The Hall–Kier alpha value is -2.35. The molecule has 0 unspecified atom stereocenters. The number of amides is 2. The minimum Gasteiger partial charge on any atom is -0.272 e. The Morgan fingerprint density at radius 1 is 1.21 bits per heavy atom. The monoisotopic (exact) mass is 343 g/mol. The molecule has 122 valence electrons. The molecular weight excluding hydrogens is 330 g/mol. The van der Waals surface area contributed by atoms with Gasteiger partial charge in [-0.05, 0) is 36.2 Å². The average Bonchev–Trinajstić information content (AvgIpc) is 2.84. The van der Waals surface area contributed by atoms with Crippen LogP contribution in [0.1, 0.15) is 17.7 Å². The standard InChI is InChI=1S/C16H13N3O4S/c20-14-12-9-2-3-10(16(9)5-6-16)13(12)15(21)18(14)17-7-8-1-4-11(24-8)19(22)23/h1-4,7,9-10,12-13H,5-6H2/b17-7-/t9-,10-,12+,13+/m1/s1. The largest absolute Gasteiger partial charge is 0.324 e. The van der Waals surface area contributed by atoms with Crippen LogP contribution in [-0.4, -0.2) is 28.0 Å². The zero-order chi connectivity index (χ0) is 16.6. The molecule has 7 nitrogen and oxygen atoms in total. The lowest BCUT2D eigenvalue weighted by molar-refractivity contribution is -0.380. The van der Waals surface area contributed by atoms with Gasteiger partial charge in [0, 0.05) is 6.07 Å². The number of hydrogen-bond acceptors (Lipinski definition) is 6. The highest BCUT2D eigenvalue weighted by atomic mass is 32.1. The van der Waals surface area contributed by atoms with E-state index in [0.29, 0.717) is 4.88 Å². The quantitative estimate of drug-likeness (QED) is 0.276. The molecule has 8 heteroatoms. The third-order valence-corrected chi connectivity index (χ3v) is 6.89. The van der Waals surface area contributed by atoms with Crippen LogP contribution >= 0.6 is 11.3 Å². The smallest absolute Gasteiger partial charge is 0.272 e. The summed E-state index contributed by atoms with van der Waals surface area (Å²) in [6.07, 6.45) is 7.78. The molecule has 2 saturated carbocycles. The summed E-state index contributed by atoms with van der Waals surface area (Å²) >= 11 is 0.961. The Morgan fingerprint density at radius 2 is 1.83 bits per heavy atom. The van der Waals surface area contributed by atoms with Crippen molar-refractivity contribution >= 4 is 34.4 Å². The van der Waals surface area contributed by atoms with Gasteiger partial charge < -0.3 is 0 Å². The molecule has 3 aliphatic carbocycles. The van der Waals surface area contributed by atoms with Crippen LogP contribution in [-0.2, 0) is 9.59 Å². The number of hydrazone groups is 1. The second-order valence-electron chi connectivity index (χ2n) is 6.89. The summed E-state index contributed by atoms with van der Waals surface area (Å²) in [7, 11) is 0. The van der Waals surface area contributed by atoms with Crippen LogP contribution in [0, 0.1) is 39.2 Å². The maximum Gasteiger partial charge on any atom is 0.324 e. The normalized spacial score (nSPS) is 34.8. The van der Waals surface area contributed by atoms with Crippen molar-refractivity contribution in [3.8, 4) is 0 Å². The van der Waals surface area contributed by atoms with Crippen LogP contribution in [0.3, 0.4) is 0 Å². The first-order chi connectivity index (χ1) is 11.5. The van der Waals surface area contributed by atoms with E-state index in [1.807, 2.05) is 0 Å². The summed E-state index contributed by atoms with van der Waals surface area (Å²) in [6, 6.07) is 2.94. The summed E-state index contributed by atoms with van der Waals surface area (Å²) in [6.45, 7) is 0. The van der Waals surface area contributed by atoms with Gasteiger partial charge in [-0.1, -0.05) is 23.5 Å². The minimum atomic E-state index is -0.475. The fourth-order valence-electron chi connectivity index (χ4n) is 4.80. The third kappa shape index (κ3) is 1.59. The molecule has 24 heavy (non-hydrogen) atoms. The molecule has 3 fully saturated rings. The number of hydrogen-bond donors (Lipinski definition) is 0. The van der Waals surface area contributed by atoms with Gasteiger partial charge in [-0.15, -0.1) is 0 Å². The number of imide groups is 1. The number of nitro groups is 1. The molecule has 1 aromatic heterocycles. The molecule has 0 N–H and O–H groups in total. The van der Waals surface area contributed by atoms with Crippen molar-refractivity contribution in [3.63, 3.8) is 0 Å². The van der Waals surface area contributed by atoms with Crippen LogP contribution in [0.4, 0.5) is 5.00 Å². The lowest BCUT2D eigenvalue weighted by atomic mass is 9.85. The first-order valence-corrected chi connectivity index (χ1v) is 8.69. The van der Waals surface area contributed by atoms with Crippen LogP contribution in [0.25, 0.3) is 0 Å². The molecule has 4 atom stereocenters. The lowest BCUT2D eigenvalue weighted by Crippen LogP contribution is -2.30. The van der Waals surface area contributed by atoms with Crippen molar-refractivity contribution in [3.05, 3.63) is 39.3 Å². The highest BCUT2D eigenvalue weighted by molar-refractivity contribution is 7.16. The van der Waals surface area contributed by atoms with E-state index in [9.17, 15) is 19.7 Å².